The molecule has 90 valence electrons. The van der Waals surface area contributed by atoms with Gasteiger partial charge in [0.1, 0.15) is 0 Å². The van der Waals surface area contributed by atoms with Gasteiger partial charge >= 0.3 is 0 Å². The van der Waals surface area contributed by atoms with Crippen molar-refractivity contribution in [1.29, 1.82) is 0 Å². The van der Waals surface area contributed by atoms with E-state index in [1.807, 2.05) is 0 Å². The molecule has 2 N–H and O–H groups in total. The fourth-order valence-corrected chi connectivity index (χ4v) is 1.68. The van der Waals surface area contributed by atoms with Crippen molar-refractivity contribution in [3.63, 3.8) is 0 Å². The van der Waals surface area contributed by atoms with Crippen molar-refractivity contribution in [1.82, 2.24) is 10.1 Å². The molecule has 1 aromatic carbocycles. The zero-order valence-electron chi connectivity index (χ0n) is 9.31. The second-order valence-corrected chi connectivity index (χ2v) is 3.87. The van der Waals surface area contributed by atoms with E-state index < -0.39 is 0 Å². The number of aromatic nitrogens is 2. The SMILES string of the molecule is COCCc1noc(-c2c(N)cccc2Cl)n1. The van der Waals surface area contributed by atoms with Crippen LogP contribution in [-0.2, 0) is 11.2 Å². The molecule has 5 nitrogen and oxygen atoms in total. The van der Waals surface area contributed by atoms with E-state index >= 15 is 0 Å². The first-order valence-corrected chi connectivity index (χ1v) is 5.46. The predicted molar refractivity (Wildman–Crippen MR) is 64.7 cm³/mol. The van der Waals surface area contributed by atoms with E-state index in [1.54, 1.807) is 25.3 Å². The molecule has 0 atom stereocenters. The third-order valence-corrected chi connectivity index (χ3v) is 2.57. The van der Waals surface area contributed by atoms with Gasteiger partial charge in [-0.3, -0.25) is 0 Å². The Labute approximate surface area is 104 Å². The highest BCUT2D eigenvalue weighted by Gasteiger charge is 2.14. The molecule has 0 saturated heterocycles. The lowest BCUT2D eigenvalue weighted by molar-refractivity contribution is 0.199. The lowest BCUT2D eigenvalue weighted by Crippen LogP contribution is -1.96. The van der Waals surface area contributed by atoms with Crippen LogP contribution in [0.4, 0.5) is 5.69 Å². The highest BCUT2D eigenvalue weighted by Crippen LogP contribution is 2.31. The van der Waals surface area contributed by atoms with Crippen LogP contribution in [0.2, 0.25) is 5.02 Å². The summed E-state index contributed by atoms with van der Waals surface area (Å²) in [5.41, 5.74) is 6.91. The van der Waals surface area contributed by atoms with Crippen molar-refractivity contribution in [2.45, 2.75) is 6.42 Å². The van der Waals surface area contributed by atoms with Gasteiger partial charge < -0.3 is 15.0 Å². The number of hydrogen-bond acceptors (Lipinski definition) is 5. The Hall–Kier alpha value is -1.59. The van der Waals surface area contributed by atoms with Crippen LogP contribution in [0.3, 0.4) is 0 Å². The van der Waals surface area contributed by atoms with Crippen LogP contribution in [0.15, 0.2) is 22.7 Å². The Morgan fingerprint density at radius 3 is 3.00 bits per heavy atom. The average Bonchev–Trinajstić information content (AvgIpc) is 2.75. The Bertz CT molecular complexity index is 493. The Morgan fingerprint density at radius 1 is 1.47 bits per heavy atom. The summed E-state index contributed by atoms with van der Waals surface area (Å²) < 4.78 is 10.1. The molecule has 0 aliphatic carbocycles. The zero-order chi connectivity index (χ0) is 12.3. The molecule has 0 bridgehead atoms. The second kappa shape index (κ2) is 5.16. The maximum absolute atomic E-state index is 6.05. The molecule has 0 unspecified atom stereocenters. The van der Waals surface area contributed by atoms with Gasteiger partial charge in [0.15, 0.2) is 5.82 Å². The summed E-state index contributed by atoms with van der Waals surface area (Å²) in [5.74, 6) is 0.903. The average molecular weight is 254 g/mol. The first-order chi connectivity index (χ1) is 8.22. The number of halogens is 1. The Kier molecular flexibility index (Phi) is 3.61. The van der Waals surface area contributed by atoms with Gasteiger partial charge in [0, 0.05) is 19.2 Å². The minimum atomic E-state index is 0.333. The summed E-state index contributed by atoms with van der Waals surface area (Å²) in [5, 5.41) is 4.32. The maximum atomic E-state index is 6.05. The number of rotatable bonds is 4. The Morgan fingerprint density at radius 2 is 2.29 bits per heavy atom. The highest BCUT2D eigenvalue weighted by molar-refractivity contribution is 6.33. The largest absolute Gasteiger partial charge is 0.398 e. The first kappa shape index (κ1) is 11.9. The molecule has 0 amide bonds. The minimum absolute atomic E-state index is 0.333. The molecule has 0 saturated carbocycles. The number of nitrogens with zero attached hydrogens (tertiary/aromatic N) is 2. The fraction of sp³-hybridized carbons (Fsp3) is 0.273. The van der Waals surface area contributed by atoms with Gasteiger partial charge in [-0.1, -0.05) is 22.8 Å². The van der Waals surface area contributed by atoms with Gasteiger partial charge in [-0.25, -0.2) is 0 Å². The highest BCUT2D eigenvalue weighted by atomic mass is 35.5. The molecule has 2 aromatic rings. The van der Waals surface area contributed by atoms with Crippen molar-refractivity contribution in [2.24, 2.45) is 0 Å². The zero-order valence-corrected chi connectivity index (χ0v) is 10.1. The normalized spacial score (nSPS) is 10.7. The smallest absolute Gasteiger partial charge is 0.261 e. The van der Waals surface area contributed by atoms with Gasteiger partial charge in [0.25, 0.3) is 5.89 Å². The number of hydrogen-bond donors (Lipinski definition) is 1. The molecular weight excluding hydrogens is 242 g/mol. The van der Waals surface area contributed by atoms with Crippen molar-refractivity contribution in [3.05, 3.63) is 29.0 Å². The lowest BCUT2D eigenvalue weighted by Gasteiger charge is -2.01. The number of anilines is 1. The van der Waals surface area contributed by atoms with E-state index in [4.69, 9.17) is 26.6 Å². The number of ether oxygens (including phenoxy) is 1. The van der Waals surface area contributed by atoms with Crippen LogP contribution in [0, 0.1) is 0 Å². The lowest BCUT2D eigenvalue weighted by atomic mass is 10.2. The summed E-state index contributed by atoms with van der Waals surface area (Å²) in [7, 11) is 1.62. The number of benzene rings is 1. The van der Waals surface area contributed by atoms with Gasteiger partial charge in [0.2, 0.25) is 0 Å². The molecule has 6 heteroatoms. The van der Waals surface area contributed by atoms with Crippen LogP contribution in [0.1, 0.15) is 5.82 Å². The van der Waals surface area contributed by atoms with Gasteiger partial charge in [-0.05, 0) is 12.1 Å². The standard InChI is InChI=1S/C11H12ClN3O2/c1-16-6-5-9-14-11(17-15-9)10-7(12)3-2-4-8(10)13/h2-4H,5-6,13H2,1H3. The molecule has 0 aliphatic rings. The van der Waals surface area contributed by atoms with E-state index in [-0.39, 0.29) is 0 Å². The summed E-state index contributed by atoms with van der Waals surface area (Å²) >= 11 is 6.05. The van der Waals surface area contributed by atoms with E-state index in [1.165, 1.54) is 0 Å². The van der Waals surface area contributed by atoms with Gasteiger partial charge in [0.05, 0.1) is 17.2 Å². The van der Waals surface area contributed by atoms with Gasteiger partial charge in [-0.2, -0.15) is 4.98 Å². The summed E-state index contributed by atoms with van der Waals surface area (Å²) in [4.78, 5) is 4.22. The second-order valence-electron chi connectivity index (χ2n) is 3.46. The van der Waals surface area contributed by atoms with E-state index in [9.17, 15) is 0 Å². The third kappa shape index (κ3) is 2.57. The topological polar surface area (TPSA) is 74.2 Å². The number of nitrogen functional groups attached to an aromatic ring is 1. The van der Waals surface area contributed by atoms with Crippen molar-refractivity contribution in [2.75, 3.05) is 19.5 Å². The van der Waals surface area contributed by atoms with E-state index in [0.29, 0.717) is 41.0 Å². The molecule has 0 aliphatic heterocycles. The third-order valence-electron chi connectivity index (χ3n) is 2.26. The van der Waals surface area contributed by atoms with Crippen molar-refractivity contribution < 1.29 is 9.26 Å². The van der Waals surface area contributed by atoms with Crippen molar-refractivity contribution >= 4 is 17.3 Å². The summed E-state index contributed by atoms with van der Waals surface area (Å²) in [6, 6.07) is 5.23. The van der Waals surface area contributed by atoms with Crippen LogP contribution in [0.5, 0.6) is 0 Å². The number of nitrogens with two attached hydrogens (primary N) is 1. The molecule has 1 aromatic heterocycles. The molecule has 0 fully saturated rings. The van der Waals surface area contributed by atoms with Crippen molar-refractivity contribution in [3.8, 4) is 11.5 Å². The fourth-order valence-electron chi connectivity index (χ4n) is 1.42. The van der Waals surface area contributed by atoms with Gasteiger partial charge in [-0.15, -0.1) is 0 Å². The molecular formula is C11H12ClN3O2. The molecule has 17 heavy (non-hydrogen) atoms. The van der Waals surface area contributed by atoms with E-state index in [0.717, 1.165) is 0 Å². The molecule has 0 spiro atoms. The monoisotopic (exact) mass is 253 g/mol. The minimum Gasteiger partial charge on any atom is -0.398 e. The first-order valence-electron chi connectivity index (χ1n) is 5.08. The summed E-state index contributed by atoms with van der Waals surface area (Å²) in [6.45, 7) is 0.539. The molecule has 0 radical (unpaired) electrons. The number of methoxy groups -OCH3 is 1. The van der Waals surface area contributed by atoms with E-state index in [2.05, 4.69) is 10.1 Å². The maximum Gasteiger partial charge on any atom is 0.261 e. The van der Waals surface area contributed by atoms with Crippen LogP contribution < -0.4 is 5.73 Å². The molecule has 1 heterocycles. The molecule has 2 rings (SSSR count). The van der Waals surface area contributed by atoms with Crippen LogP contribution in [0.25, 0.3) is 11.5 Å². The summed E-state index contributed by atoms with van der Waals surface area (Å²) in [6.07, 6.45) is 0.588. The van der Waals surface area contributed by atoms with Crippen LogP contribution >= 0.6 is 11.6 Å². The van der Waals surface area contributed by atoms with Crippen LogP contribution in [-0.4, -0.2) is 23.9 Å². The quantitative estimate of drug-likeness (QED) is 0.845. The Balaban J connectivity index is 2.30. The predicted octanol–water partition coefficient (Wildman–Crippen LogP) is 2.16.